The van der Waals surface area contributed by atoms with Crippen molar-refractivity contribution >= 4 is 34.4 Å². The van der Waals surface area contributed by atoms with E-state index in [0.29, 0.717) is 47.1 Å². The topological polar surface area (TPSA) is 75.4 Å². The standard InChI is InChI=1S/C21H22ClN5O2/c1-12-16(20(28)27-9-6-14-13(10-27)4-5-15(22)25-14)17-18(23-11-24-19(17)29-12)26(3)21(2)7-8-21/h4-5,11H,6-10H2,1-3H3. The zero-order valence-corrected chi connectivity index (χ0v) is 17.5. The predicted molar refractivity (Wildman–Crippen MR) is 110 cm³/mol. The number of hydrogen-bond donors (Lipinski definition) is 0. The van der Waals surface area contributed by atoms with Crippen LogP contribution in [0.25, 0.3) is 11.1 Å². The average molecular weight is 412 g/mol. The number of carbonyl (C=O) groups excluding carboxylic acids is 1. The molecule has 0 atom stereocenters. The number of carbonyl (C=O) groups is 1. The van der Waals surface area contributed by atoms with Crippen molar-refractivity contribution in [2.75, 3.05) is 18.5 Å². The lowest BCUT2D eigenvalue weighted by Crippen LogP contribution is -2.37. The van der Waals surface area contributed by atoms with Crippen molar-refractivity contribution in [3.05, 3.63) is 46.2 Å². The second kappa shape index (κ2) is 6.42. The highest BCUT2D eigenvalue weighted by Gasteiger charge is 2.43. The number of halogens is 1. The minimum atomic E-state index is -0.0627. The second-order valence-corrected chi connectivity index (χ2v) is 8.57. The van der Waals surface area contributed by atoms with Crippen molar-refractivity contribution in [3.8, 4) is 0 Å². The van der Waals surface area contributed by atoms with Gasteiger partial charge in [-0.3, -0.25) is 4.79 Å². The molecule has 2 aliphatic rings. The van der Waals surface area contributed by atoms with Crippen LogP contribution in [-0.2, 0) is 13.0 Å². The fourth-order valence-corrected chi connectivity index (χ4v) is 4.20. The molecule has 150 valence electrons. The lowest BCUT2D eigenvalue weighted by atomic mass is 10.0. The molecule has 0 saturated heterocycles. The van der Waals surface area contributed by atoms with Gasteiger partial charge in [-0.1, -0.05) is 17.7 Å². The highest BCUT2D eigenvalue weighted by molar-refractivity contribution is 6.29. The molecule has 1 amide bonds. The first-order chi connectivity index (χ1) is 13.9. The van der Waals surface area contributed by atoms with E-state index in [0.717, 1.165) is 29.9 Å². The third-order valence-corrected chi connectivity index (χ3v) is 6.47. The molecule has 1 fully saturated rings. The van der Waals surface area contributed by atoms with Gasteiger partial charge in [0.05, 0.1) is 10.9 Å². The molecule has 3 aromatic rings. The van der Waals surface area contributed by atoms with Crippen LogP contribution in [0.1, 0.15) is 47.1 Å². The number of pyridine rings is 1. The Morgan fingerprint density at radius 2 is 2.10 bits per heavy atom. The van der Waals surface area contributed by atoms with Crippen molar-refractivity contribution < 1.29 is 9.21 Å². The van der Waals surface area contributed by atoms with Gasteiger partial charge in [0.1, 0.15) is 23.1 Å². The van der Waals surface area contributed by atoms with Crippen LogP contribution in [0.4, 0.5) is 5.82 Å². The van der Waals surface area contributed by atoms with E-state index in [1.165, 1.54) is 6.33 Å². The van der Waals surface area contributed by atoms with Crippen molar-refractivity contribution in [2.45, 2.75) is 45.2 Å². The highest BCUT2D eigenvalue weighted by atomic mass is 35.5. The number of aromatic nitrogens is 3. The van der Waals surface area contributed by atoms with Gasteiger partial charge in [0.25, 0.3) is 5.91 Å². The molecule has 0 radical (unpaired) electrons. The second-order valence-electron chi connectivity index (χ2n) is 8.18. The van der Waals surface area contributed by atoms with E-state index in [9.17, 15) is 4.79 Å². The molecule has 1 saturated carbocycles. The van der Waals surface area contributed by atoms with Crippen LogP contribution in [0.5, 0.6) is 0 Å². The van der Waals surface area contributed by atoms with E-state index >= 15 is 0 Å². The van der Waals surface area contributed by atoms with E-state index in [2.05, 4.69) is 26.8 Å². The first-order valence-corrected chi connectivity index (χ1v) is 10.2. The summed E-state index contributed by atoms with van der Waals surface area (Å²) in [7, 11) is 2.03. The molecule has 1 aliphatic heterocycles. The maximum Gasteiger partial charge on any atom is 0.258 e. The zero-order chi connectivity index (χ0) is 20.3. The Labute approximate surface area is 173 Å². The van der Waals surface area contributed by atoms with E-state index in [1.807, 2.05) is 24.9 Å². The van der Waals surface area contributed by atoms with Gasteiger partial charge < -0.3 is 14.2 Å². The summed E-state index contributed by atoms with van der Waals surface area (Å²) in [5.41, 5.74) is 3.07. The first kappa shape index (κ1) is 18.4. The minimum Gasteiger partial charge on any atom is -0.442 e. The predicted octanol–water partition coefficient (Wildman–Crippen LogP) is 3.77. The Hall–Kier alpha value is -2.67. The van der Waals surface area contributed by atoms with Crippen molar-refractivity contribution in [2.24, 2.45) is 0 Å². The Balaban J connectivity index is 1.55. The summed E-state index contributed by atoms with van der Waals surface area (Å²) in [4.78, 5) is 30.7. The lowest BCUT2D eigenvalue weighted by Gasteiger charge is -2.29. The van der Waals surface area contributed by atoms with Gasteiger partial charge in [-0.2, -0.15) is 0 Å². The number of rotatable bonds is 3. The van der Waals surface area contributed by atoms with Gasteiger partial charge in [0.2, 0.25) is 5.71 Å². The first-order valence-electron chi connectivity index (χ1n) is 9.79. The fourth-order valence-electron chi connectivity index (χ4n) is 4.03. The zero-order valence-electron chi connectivity index (χ0n) is 16.7. The Kier molecular flexibility index (Phi) is 4.07. The summed E-state index contributed by atoms with van der Waals surface area (Å²) < 4.78 is 5.87. The van der Waals surface area contributed by atoms with Crippen LogP contribution < -0.4 is 4.90 Å². The normalized spacial score (nSPS) is 17.3. The van der Waals surface area contributed by atoms with Crippen LogP contribution in [-0.4, -0.2) is 44.9 Å². The van der Waals surface area contributed by atoms with Gasteiger partial charge >= 0.3 is 0 Å². The number of fused-ring (bicyclic) bond motifs is 2. The number of nitrogens with zero attached hydrogens (tertiary/aromatic N) is 5. The highest BCUT2D eigenvalue weighted by Crippen LogP contribution is 2.44. The molecule has 0 aromatic carbocycles. The minimum absolute atomic E-state index is 0.0627. The molecule has 29 heavy (non-hydrogen) atoms. The third-order valence-electron chi connectivity index (χ3n) is 6.26. The maximum absolute atomic E-state index is 13.6. The summed E-state index contributed by atoms with van der Waals surface area (Å²) >= 11 is 6.01. The monoisotopic (exact) mass is 411 g/mol. The Morgan fingerprint density at radius 1 is 1.31 bits per heavy atom. The van der Waals surface area contributed by atoms with Gasteiger partial charge in [-0.25, -0.2) is 15.0 Å². The van der Waals surface area contributed by atoms with Crippen molar-refractivity contribution in [1.82, 2.24) is 19.9 Å². The van der Waals surface area contributed by atoms with Gasteiger partial charge in [0, 0.05) is 37.8 Å². The summed E-state index contributed by atoms with van der Waals surface area (Å²) in [6, 6.07) is 3.71. The smallest absolute Gasteiger partial charge is 0.258 e. The van der Waals surface area contributed by atoms with Crippen LogP contribution >= 0.6 is 11.6 Å². The van der Waals surface area contributed by atoms with Crippen molar-refractivity contribution in [1.29, 1.82) is 0 Å². The molecule has 0 N–H and O–H groups in total. The summed E-state index contributed by atoms with van der Waals surface area (Å²) in [5, 5.41) is 1.18. The number of furan rings is 1. The van der Waals surface area contributed by atoms with E-state index in [-0.39, 0.29) is 11.4 Å². The molecular formula is C21H22ClN5O2. The van der Waals surface area contributed by atoms with Crippen molar-refractivity contribution in [3.63, 3.8) is 0 Å². The summed E-state index contributed by atoms with van der Waals surface area (Å²) in [5.74, 6) is 1.26. The molecule has 0 unspecified atom stereocenters. The quantitative estimate of drug-likeness (QED) is 0.611. The molecule has 3 aromatic heterocycles. The van der Waals surface area contributed by atoms with Crippen LogP contribution in [0.2, 0.25) is 5.15 Å². The van der Waals surface area contributed by atoms with E-state index in [1.54, 1.807) is 6.07 Å². The Bertz CT molecular complexity index is 1140. The van der Waals surface area contributed by atoms with Gasteiger partial charge in [-0.15, -0.1) is 0 Å². The lowest BCUT2D eigenvalue weighted by molar-refractivity contribution is 0.0733. The summed E-state index contributed by atoms with van der Waals surface area (Å²) in [6.45, 7) is 5.11. The molecule has 1 aliphatic carbocycles. The Morgan fingerprint density at radius 3 is 2.86 bits per heavy atom. The molecule has 0 bridgehead atoms. The maximum atomic E-state index is 13.6. The van der Waals surface area contributed by atoms with Crippen LogP contribution in [0, 0.1) is 6.92 Å². The summed E-state index contributed by atoms with van der Waals surface area (Å²) in [6.07, 6.45) is 4.39. The van der Waals surface area contributed by atoms with E-state index < -0.39 is 0 Å². The number of hydrogen-bond acceptors (Lipinski definition) is 6. The molecule has 0 spiro atoms. The largest absolute Gasteiger partial charge is 0.442 e. The van der Waals surface area contributed by atoms with Crippen LogP contribution in [0.15, 0.2) is 22.9 Å². The van der Waals surface area contributed by atoms with Gasteiger partial charge in [-0.05, 0) is 38.3 Å². The van der Waals surface area contributed by atoms with E-state index in [4.69, 9.17) is 16.0 Å². The number of aryl methyl sites for hydroxylation is 1. The molecular weight excluding hydrogens is 390 g/mol. The fraction of sp³-hybridized carbons (Fsp3) is 0.429. The molecule has 8 heteroatoms. The average Bonchev–Trinajstić information content (AvgIpc) is 3.37. The third kappa shape index (κ3) is 2.95. The molecule has 7 nitrogen and oxygen atoms in total. The SMILES string of the molecule is Cc1oc2ncnc(N(C)C3(C)CC3)c2c1C(=O)N1CCc2nc(Cl)ccc2C1. The molecule has 4 heterocycles. The number of amides is 1. The molecule has 5 rings (SSSR count). The number of anilines is 1. The van der Waals surface area contributed by atoms with Gasteiger partial charge in [0.15, 0.2) is 0 Å². The van der Waals surface area contributed by atoms with Crippen LogP contribution in [0.3, 0.4) is 0 Å².